The van der Waals surface area contributed by atoms with Gasteiger partial charge in [0.1, 0.15) is 17.0 Å². The molecule has 0 saturated heterocycles. The van der Waals surface area contributed by atoms with Crippen LogP contribution in [0, 0.1) is 13.8 Å². The van der Waals surface area contributed by atoms with Crippen molar-refractivity contribution in [3.05, 3.63) is 85.9 Å². The molecule has 0 aliphatic rings. The predicted octanol–water partition coefficient (Wildman–Crippen LogP) is 3.48. The van der Waals surface area contributed by atoms with Crippen LogP contribution in [-0.4, -0.2) is 22.2 Å². The standard InChI is InChI=1S/C23H21N3O4S/c1-14-8-9-19(30-3)16(12-14)24-20(27)13-25-18-10-11-31-21(18)22(28)26(23(25)29)17-7-5-4-6-15(17)2/h4-12H,13H2,1-3H3,(H,24,27). The highest BCUT2D eigenvalue weighted by Crippen LogP contribution is 2.25. The smallest absolute Gasteiger partial charge is 0.336 e. The number of benzene rings is 2. The van der Waals surface area contributed by atoms with Crippen molar-refractivity contribution in [3.63, 3.8) is 0 Å². The maximum absolute atomic E-state index is 13.3. The Morgan fingerprint density at radius 3 is 2.61 bits per heavy atom. The Hall–Kier alpha value is -3.65. The van der Waals surface area contributed by atoms with Crippen LogP contribution in [0.3, 0.4) is 0 Å². The number of ether oxygens (including phenoxy) is 1. The van der Waals surface area contributed by atoms with Crippen molar-refractivity contribution < 1.29 is 9.53 Å². The van der Waals surface area contributed by atoms with Crippen LogP contribution in [-0.2, 0) is 11.3 Å². The van der Waals surface area contributed by atoms with Gasteiger partial charge in [0.2, 0.25) is 5.91 Å². The average Bonchev–Trinajstić information content (AvgIpc) is 3.23. The molecule has 7 nitrogen and oxygen atoms in total. The highest BCUT2D eigenvalue weighted by atomic mass is 32.1. The van der Waals surface area contributed by atoms with E-state index in [0.29, 0.717) is 27.3 Å². The first-order chi connectivity index (χ1) is 14.9. The Morgan fingerprint density at radius 1 is 1.10 bits per heavy atom. The largest absolute Gasteiger partial charge is 0.495 e. The molecule has 31 heavy (non-hydrogen) atoms. The van der Waals surface area contributed by atoms with E-state index in [-0.39, 0.29) is 12.1 Å². The summed E-state index contributed by atoms with van der Waals surface area (Å²) in [5.74, 6) is 0.130. The summed E-state index contributed by atoms with van der Waals surface area (Å²) in [6.45, 7) is 3.50. The molecule has 8 heteroatoms. The maximum Gasteiger partial charge on any atom is 0.336 e. The minimum absolute atomic E-state index is 0.241. The molecule has 0 unspecified atom stereocenters. The molecule has 1 N–H and O–H groups in total. The minimum atomic E-state index is -0.559. The van der Waals surface area contributed by atoms with Crippen LogP contribution in [0.2, 0.25) is 0 Å². The molecule has 0 fully saturated rings. The number of fused-ring (bicyclic) bond motifs is 1. The van der Waals surface area contributed by atoms with Crippen molar-refractivity contribution in [2.24, 2.45) is 0 Å². The van der Waals surface area contributed by atoms with E-state index in [1.807, 2.05) is 32.0 Å². The van der Waals surface area contributed by atoms with Crippen LogP contribution in [0.1, 0.15) is 11.1 Å². The van der Waals surface area contributed by atoms with E-state index in [0.717, 1.165) is 15.7 Å². The number of para-hydroxylation sites is 1. The van der Waals surface area contributed by atoms with Crippen molar-refractivity contribution in [2.45, 2.75) is 20.4 Å². The maximum atomic E-state index is 13.3. The van der Waals surface area contributed by atoms with Crippen LogP contribution in [0.15, 0.2) is 63.5 Å². The molecule has 0 atom stereocenters. The van der Waals surface area contributed by atoms with E-state index in [9.17, 15) is 14.4 Å². The summed E-state index contributed by atoms with van der Waals surface area (Å²) in [5, 5.41) is 4.55. The van der Waals surface area contributed by atoms with E-state index >= 15 is 0 Å². The van der Waals surface area contributed by atoms with Crippen LogP contribution in [0.25, 0.3) is 15.9 Å². The average molecular weight is 436 g/mol. The number of hydrogen-bond acceptors (Lipinski definition) is 5. The molecule has 0 radical (unpaired) electrons. The zero-order chi connectivity index (χ0) is 22.1. The molecule has 2 heterocycles. The fourth-order valence-electron chi connectivity index (χ4n) is 3.52. The second-order valence-corrected chi connectivity index (χ2v) is 8.10. The summed E-state index contributed by atoms with van der Waals surface area (Å²) in [4.78, 5) is 39.3. The lowest BCUT2D eigenvalue weighted by Crippen LogP contribution is -2.40. The molecule has 0 saturated carbocycles. The molecule has 0 aliphatic heterocycles. The van der Waals surface area contributed by atoms with E-state index in [2.05, 4.69) is 5.32 Å². The molecule has 2 aromatic carbocycles. The quantitative estimate of drug-likeness (QED) is 0.520. The fourth-order valence-corrected chi connectivity index (χ4v) is 4.34. The summed E-state index contributed by atoms with van der Waals surface area (Å²) in [6.07, 6.45) is 0. The van der Waals surface area contributed by atoms with Gasteiger partial charge in [-0.3, -0.25) is 14.2 Å². The number of hydrogen-bond donors (Lipinski definition) is 1. The second kappa shape index (κ2) is 8.23. The Kier molecular flexibility index (Phi) is 5.48. The molecule has 0 bridgehead atoms. The monoisotopic (exact) mass is 435 g/mol. The summed E-state index contributed by atoms with van der Waals surface area (Å²) < 4.78 is 8.20. The van der Waals surface area contributed by atoms with Gasteiger partial charge < -0.3 is 10.1 Å². The van der Waals surface area contributed by atoms with Gasteiger partial charge in [0, 0.05) is 0 Å². The number of methoxy groups -OCH3 is 1. The van der Waals surface area contributed by atoms with Crippen molar-refractivity contribution in [2.75, 3.05) is 12.4 Å². The molecule has 158 valence electrons. The Balaban J connectivity index is 1.80. The Labute approximate surface area is 182 Å². The van der Waals surface area contributed by atoms with Crippen LogP contribution in [0.4, 0.5) is 5.69 Å². The lowest BCUT2D eigenvalue weighted by atomic mass is 10.2. The number of thiophene rings is 1. The van der Waals surface area contributed by atoms with Crippen LogP contribution < -0.4 is 21.3 Å². The molecule has 0 spiro atoms. The molecule has 1 amide bonds. The number of rotatable bonds is 5. The summed E-state index contributed by atoms with van der Waals surface area (Å²) in [6, 6.07) is 14.3. The van der Waals surface area contributed by atoms with Gasteiger partial charge in [-0.2, -0.15) is 0 Å². The fraction of sp³-hybridized carbons (Fsp3) is 0.174. The van der Waals surface area contributed by atoms with Gasteiger partial charge in [-0.15, -0.1) is 11.3 Å². The Morgan fingerprint density at radius 2 is 1.87 bits per heavy atom. The lowest BCUT2D eigenvalue weighted by Gasteiger charge is -2.15. The molecular weight excluding hydrogens is 414 g/mol. The van der Waals surface area contributed by atoms with E-state index in [4.69, 9.17) is 4.74 Å². The number of carbonyl (C=O) groups excluding carboxylic acids is 1. The van der Waals surface area contributed by atoms with Gasteiger partial charge in [-0.1, -0.05) is 24.3 Å². The predicted molar refractivity (Wildman–Crippen MR) is 123 cm³/mol. The number of carbonyl (C=O) groups is 1. The van der Waals surface area contributed by atoms with Gasteiger partial charge in [-0.25, -0.2) is 9.36 Å². The molecule has 2 aromatic heterocycles. The number of nitrogens with one attached hydrogen (secondary N) is 1. The zero-order valence-corrected chi connectivity index (χ0v) is 18.2. The highest BCUT2D eigenvalue weighted by Gasteiger charge is 2.19. The minimum Gasteiger partial charge on any atom is -0.495 e. The summed E-state index contributed by atoms with van der Waals surface area (Å²) in [5.41, 5.74) is 2.27. The van der Waals surface area contributed by atoms with E-state index in [1.54, 1.807) is 35.7 Å². The van der Waals surface area contributed by atoms with Gasteiger partial charge >= 0.3 is 5.69 Å². The molecular formula is C23H21N3O4S. The van der Waals surface area contributed by atoms with Crippen LogP contribution in [0.5, 0.6) is 5.75 Å². The zero-order valence-electron chi connectivity index (χ0n) is 17.3. The second-order valence-electron chi connectivity index (χ2n) is 7.18. The van der Waals surface area contributed by atoms with Gasteiger partial charge in [0.15, 0.2) is 0 Å². The first-order valence-electron chi connectivity index (χ1n) is 9.64. The molecule has 0 aliphatic carbocycles. The summed E-state index contributed by atoms with van der Waals surface area (Å²) >= 11 is 1.25. The van der Waals surface area contributed by atoms with Crippen molar-refractivity contribution >= 4 is 33.1 Å². The number of aryl methyl sites for hydroxylation is 2. The topological polar surface area (TPSA) is 82.3 Å². The van der Waals surface area contributed by atoms with E-state index in [1.165, 1.54) is 23.0 Å². The number of nitrogens with zero attached hydrogens (tertiary/aromatic N) is 2. The Bertz CT molecular complexity index is 1410. The number of anilines is 1. The third kappa shape index (κ3) is 3.77. The van der Waals surface area contributed by atoms with Crippen molar-refractivity contribution in [1.82, 2.24) is 9.13 Å². The van der Waals surface area contributed by atoms with Gasteiger partial charge in [0.25, 0.3) is 5.56 Å². The first-order valence-corrected chi connectivity index (χ1v) is 10.5. The van der Waals surface area contributed by atoms with Gasteiger partial charge in [-0.05, 0) is 54.6 Å². The normalized spacial score (nSPS) is 10.9. The third-order valence-corrected chi connectivity index (χ3v) is 5.93. The number of aromatic nitrogens is 2. The molecule has 4 aromatic rings. The van der Waals surface area contributed by atoms with E-state index < -0.39 is 11.6 Å². The molecule has 4 rings (SSSR count). The summed E-state index contributed by atoms with van der Waals surface area (Å²) in [7, 11) is 1.53. The van der Waals surface area contributed by atoms with Crippen LogP contribution >= 0.6 is 11.3 Å². The lowest BCUT2D eigenvalue weighted by molar-refractivity contribution is -0.116. The van der Waals surface area contributed by atoms with Gasteiger partial charge in [0.05, 0.1) is 24.0 Å². The number of amides is 1. The third-order valence-electron chi connectivity index (χ3n) is 5.04. The first kappa shape index (κ1) is 20.6. The van der Waals surface area contributed by atoms with Crippen molar-refractivity contribution in [3.8, 4) is 11.4 Å². The van der Waals surface area contributed by atoms with Crippen molar-refractivity contribution in [1.29, 1.82) is 0 Å². The SMILES string of the molecule is COc1ccc(C)cc1NC(=O)Cn1c(=O)n(-c2ccccc2C)c(=O)c2sccc21. The highest BCUT2D eigenvalue weighted by molar-refractivity contribution is 7.17.